The third-order valence-corrected chi connectivity index (χ3v) is 3.34. The van der Waals surface area contributed by atoms with Crippen LogP contribution in [0.1, 0.15) is 22.8 Å². The molecule has 2 nitrogen and oxygen atoms in total. The average molecular weight is 274 g/mol. The minimum absolute atomic E-state index is 0.233. The van der Waals surface area contributed by atoms with Gasteiger partial charge in [-0.25, -0.2) is 4.79 Å². The van der Waals surface area contributed by atoms with E-state index in [4.69, 9.17) is 4.74 Å². The standard InChI is InChI=1S/C12H9F3O2S/c1-2-17-11(16)9-6-18-10-5-7(12(13,14)15)3-4-8(9)10/h3-6H,2H2,1H3. The van der Waals surface area contributed by atoms with Gasteiger partial charge in [0.1, 0.15) is 0 Å². The van der Waals surface area contributed by atoms with E-state index in [1.54, 1.807) is 6.92 Å². The summed E-state index contributed by atoms with van der Waals surface area (Å²) in [6, 6.07) is 3.32. The summed E-state index contributed by atoms with van der Waals surface area (Å²) in [6.45, 7) is 1.91. The van der Waals surface area contributed by atoms with Gasteiger partial charge in [0, 0.05) is 15.5 Å². The lowest BCUT2D eigenvalue weighted by Crippen LogP contribution is -2.05. The molecule has 6 heteroatoms. The number of hydrogen-bond donors (Lipinski definition) is 0. The molecule has 1 aromatic carbocycles. The van der Waals surface area contributed by atoms with Crippen LogP contribution >= 0.6 is 11.3 Å². The van der Waals surface area contributed by atoms with Crippen LogP contribution in [0.5, 0.6) is 0 Å². The molecule has 0 unspecified atom stereocenters. The van der Waals surface area contributed by atoms with E-state index in [1.807, 2.05) is 0 Å². The molecule has 0 saturated heterocycles. The maximum absolute atomic E-state index is 12.5. The number of fused-ring (bicyclic) bond motifs is 1. The molecule has 1 aromatic heterocycles. The predicted molar refractivity (Wildman–Crippen MR) is 62.8 cm³/mol. The molecule has 0 bridgehead atoms. The number of ether oxygens (including phenoxy) is 1. The van der Waals surface area contributed by atoms with Gasteiger partial charge in [-0.15, -0.1) is 11.3 Å². The lowest BCUT2D eigenvalue weighted by atomic mass is 10.1. The van der Waals surface area contributed by atoms with Gasteiger partial charge in [-0.3, -0.25) is 0 Å². The lowest BCUT2D eigenvalue weighted by Gasteiger charge is -2.06. The summed E-state index contributed by atoms with van der Waals surface area (Å²) in [5, 5.41) is 2.01. The molecule has 0 aliphatic carbocycles. The van der Waals surface area contributed by atoms with Crippen molar-refractivity contribution in [2.75, 3.05) is 6.61 Å². The first-order valence-electron chi connectivity index (χ1n) is 5.19. The second kappa shape index (κ2) is 4.61. The number of benzene rings is 1. The van der Waals surface area contributed by atoms with Crippen LogP contribution in [-0.4, -0.2) is 12.6 Å². The highest BCUT2D eigenvalue weighted by molar-refractivity contribution is 7.17. The van der Waals surface area contributed by atoms with E-state index in [0.717, 1.165) is 23.5 Å². The number of halogens is 3. The van der Waals surface area contributed by atoms with Gasteiger partial charge in [0.15, 0.2) is 0 Å². The van der Waals surface area contributed by atoms with E-state index < -0.39 is 17.7 Å². The van der Waals surface area contributed by atoms with E-state index in [1.165, 1.54) is 11.4 Å². The molecule has 0 aliphatic rings. The van der Waals surface area contributed by atoms with Crippen LogP contribution in [0.4, 0.5) is 13.2 Å². The molecule has 96 valence electrons. The van der Waals surface area contributed by atoms with Gasteiger partial charge >= 0.3 is 12.1 Å². The van der Waals surface area contributed by atoms with E-state index in [2.05, 4.69) is 0 Å². The summed E-state index contributed by atoms with van der Waals surface area (Å²) in [5.74, 6) is -0.511. The molecule has 0 fully saturated rings. The second-order valence-electron chi connectivity index (χ2n) is 3.58. The van der Waals surface area contributed by atoms with Crippen molar-refractivity contribution in [3.63, 3.8) is 0 Å². The van der Waals surface area contributed by atoms with Crippen molar-refractivity contribution >= 4 is 27.4 Å². The molecule has 2 rings (SSSR count). The Morgan fingerprint density at radius 2 is 2.11 bits per heavy atom. The summed E-state index contributed by atoms with van der Waals surface area (Å²) in [4.78, 5) is 11.6. The molecule has 0 N–H and O–H groups in total. The van der Waals surface area contributed by atoms with Crippen LogP contribution in [0, 0.1) is 0 Å². The smallest absolute Gasteiger partial charge is 0.416 e. The number of thiophene rings is 1. The zero-order chi connectivity index (χ0) is 13.3. The van der Waals surface area contributed by atoms with Crippen LogP contribution < -0.4 is 0 Å². The Kier molecular flexibility index (Phi) is 3.30. The summed E-state index contributed by atoms with van der Waals surface area (Å²) >= 11 is 1.10. The van der Waals surface area contributed by atoms with Crippen molar-refractivity contribution in [1.82, 2.24) is 0 Å². The summed E-state index contributed by atoms with van der Waals surface area (Å²) in [7, 11) is 0. The highest BCUT2D eigenvalue weighted by atomic mass is 32.1. The first kappa shape index (κ1) is 12.9. The molecular weight excluding hydrogens is 265 g/mol. The van der Waals surface area contributed by atoms with Gasteiger partial charge in [-0.05, 0) is 19.1 Å². The number of rotatable bonds is 2. The topological polar surface area (TPSA) is 26.3 Å². The maximum atomic E-state index is 12.5. The zero-order valence-electron chi connectivity index (χ0n) is 9.38. The molecule has 0 spiro atoms. The quantitative estimate of drug-likeness (QED) is 0.771. The normalized spacial score (nSPS) is 11.8. The Hall–Kier alpha value is -1.56. The average Bonchev–Trinajstić information content (AvgIpc) is 2.70. The van der Waals surface area contributed by atoms with Gasteiger partial charge < -0.3 is 4.74 Å². The van der Waals surface area contributed by atoms with Crippen molar-refractivity contribution in [3.8, 4) is 0 Å². The van der Waals surface area contributed by atoms with E-state index in [0.29, 0.717) is 15.6 Å². The number of esters is 1. The molecule has 2 aromatic rings. The van der Waals surface area contributed by atoms with Crippen LogP contribution in [-0.2, 0) is 10.9 Å². The fourth-order valence-electron chi connectivity index (χ4n) is 1.57. The Morgan fingerprint density at radius 3 is 2.72 bits per heavy atom. The first-order chi connectivity index (χ1) is 8.43. The van der Waals surface area contributed by atoms with Crippen LogP contribution in [0.25, 0.3) is 10.1 Å². The Bertz CT molecular complexity index is 587. The molecule has 1 heterocycles. The Balaban J connectivity index is 2.47. The van der Waals surface area contributed by atoms with Crippen molar-refractivity contribution in [3.05, 3.63) is 34.7 Å². The number of alkyl halides is 3. The molecule has 0 radical (unpaired) electrons. The molecular formula is C12H9F3O2S. The second-order valence-corrected chi connectivity index (χ2v) is 4.49. The van der Waals surface area contributed by atoms with Crippen LogP contribution in [0.2, 0.25) is 0 Å². The van der Waals surface area contributed by atoms with E-state index >= 15 is 0 Å². The highest BCUT2D eigenvalue weighted by Crippen LogP contribution is 2.34. The molecule has 0 aliphatic heterocycles. The van der Waals surface area contributed by atoms with Crippen molar-refractivity contribution in [2.45, 2.75) is 13.1 Å². The third-order valence-electron chi connectivity index (χ3n) is 2.40. The van der Waals surface area contributed by atoms with Gasteiger partial charge in [0.25, 0.3) is 0 Å². The van der Waals surface area contributed by atoms with Crippen molar-refractivity contribution in [1.29, 1.82) is 0 Å². The summed E-state index contributed by atoms with van der Waals surface area (Å²) in [5.41, 5.74) is -0.405. The monoisotopic (exact) mass is 274 g/mol. The first-order valence-corrected chi connectivity index (χ1v) is 6.07. The van der Waals surface area contributed by atoms with Gasteiger partial charge in [0.2, 0.25) is 0 Å². The fraction of sp³-hybridized carbons (Fsp3) is 0.250. The highest BCUT2D eigenvalue weighted by Gasteiger charge is 2.31. The SMILES string of the molecule is CCOC(=O)c1csc2cc(C(F)(F)F)ccc12. The van der Waals surface area contributed by atoms with E-state index in [-0.39, 0.29) is 6.61 Å². The van der Waals surface area contributed by atoms with Gasteiger partial charge in [-0.2, -0.15) is 13.2 Å². The lowest BCUT2D eigenvalue weighted by molar-refractivity contribution is -0.137. The van der Waals surface area contributed by atoms with E-state index in [9.17, 15) is 18.0 Å². The summed E-state index contributed by atoms with van der Waals surface area (Å²) < 4.78 is 42.8. The largest absolute Gasteiger partial charge is 0.462 e. The van der Waals surface area contributed by atoms with Gasteiger partial charge in [0.05, 0.1) is 17.7 Å². The minimum atomic E-state index is -4.37. The Labute approximate surface area is 105 Å². The summed E-state index contributed by atoms with van der Waals surface area (Å²) in [6.07, 6.45) is -4.37. The zero-order valence-corrected chi connectivity index (χ0v) is 10.2. The maximum Gasteiger partial charge on any atom is 0.416 e. The minimum Gasteiger partial charge on any atom is -0.462 e. The van der Waals surface area contributed by atoms with Crippen LogP contribution in [0.3, 0.4) is 0 Å². The predicted octanol–water partition coefficient (Wildman–Crippen LogP) is 4.10. The van der Waals surface area contributed by atoms with Crippen molar-refractivity contribution < 1.29 is 22.7 Å². The Morgan fingerprint density at radius 1 is 1.39 bits per heavy atom. The van der Waals surface area contributed by atoms with Crippen molar-refractivity contribution in [2.24, 2.45) is 0 Å². The van der Waals surface area contributed by atoms with Gasteiger partial charge in [-0.1, -0.05) is 6.07 Å². The fourth-order valence-corrected chi connectivity index (χ4v) is 2.54. The molecule has 0 atom stereocenters. The number of carbonyl (C=O) groups excluding carboxylic acids is 1. The third kappa shape index (κ3) is 2.33. The molecule has 0 amide bonds. The molecule has 18 heavy (non-hydrogen) atoms. The molecule has 0 saturated carbocycles. The van der Waals surface area contributed by atoms with Crippen LogP contribution in [0.15, 0.2) is 23.6 Å². The number of carbonyl (C=O) groups is 1. The number of hydrogen-bond acceptors (Lipinski definition) is 3.